The van der Waals surface area contributed by atoms with Crippen LogP contribution in [0.5, 0.6) is 0 Å². The Labute approximate surface area is 161 Å². The van der Waals surface area contributed by atoms with Crippen molar-refractivity contribution in [1.29, 1.82) is 0 Å². The molecule has 152 valence electrons. The molecule has 3 rings (SSSR count). The van der Waals surface area contributed by atoms with E-state index in [0.29, 0.717) is 5.54 Å². The lowest BCUT2D eigenvalue weighted by Gasteiger charge is -2.48. The Hall–Kier alpha value is -1.64. The summed E-state index contributed by atoms with van der Waals surface area (Å²) in [6.45, 7) is 10.3. The van der Waals surface area contributed by atoms with E-state index in [1.54, 1.807) is 12.1 Å². The van der Waals surface area contributed by atoms with Crippen molar-refractivity contribution in [1.82, 2.24) is 10.2 Å². The molecule has 2 aliphatic rings. The number of hydrogen-bond donors (Lipinski definition) is 2. The fourth-order valence-corrected chi connectivity index (χ4v) is 3.54. The third-order valence-electron chi connectivity index (χ3n) is 4.79. The minimum absolute atomic E-state index is 0.0666. The molecule has 0 saturated carbocycles. The number of nitrogens with zero attached hydrogens (tertiary/aromatic N) is 1. The fraction of sp³-hybridized carbons (Fsp3) is 0.632. The minimum atomic E-state index is -4.02. The molecule has 2 saturated heterocycles. The van der Waals surface area contributed by atoms with Crippen LogP contribution < -0.4 is 5.32 Å². The number of carbonyl (C=O) groups is 1. The van der Waals surface area contributed by atoms with Gasteiger partial charge in [0.15, 0.2) is 0 Å². The van der Waals surface area contributed by atoms with E-state index in [1.165, 1.54) is 18.6 Å². The number of carbonyl (C=O) groups excluding carboxylic acids is 1. The first-order valence-electron chi connectivity index (χ1n) is 9.17. The van der Waals surface area contributed by atoms with Crippen molar-refractivity contribution in [3.63, 3.8) is 0 Å². The molecule has 2 fully saturated rings. The average Bonchev–Trinajstić information content (AvgIpc) is 2.52. The lowest BCUT2D eigenvalue weighted by Crippen LogP contribution is -2.62. The molecule has 2 N–H and O–H groups in total. The van der Waals surface area contributed by atoms with Crippen molar-refractivity contribution >= 4 is 16.2 Å². The molecule has 2 heterocycles. The van der Waals surface area contributed by atoms with Crippen LogP contribution in [0.1, 0.15) is 45.6 Å². The lowest BCUT2D eigenvalue weighted by atomic mass is 9.79. The zero-order valence-corrected chi connectivity index (χ0v) is 17.3. The van der Waals surface area contributed by atoms with Crippen molar-refractivity contribution in [2.75, 3.05) is 19.6 Å². The number of aryl methyl sites for hydroxylation is 1. The molecule has 8 heteroatoms. The summed E-state index contributed by atoms with van der Waals surface area (Å²) in [5, 5.41) is 3.49. The van der Waals surface area contributed by atoms with Gasteiger partial charge in [0.25, 0.3) is 10.1 Å². The zero-order valence-electron chi connectivity index (χ0n) is 16.5. The lowest BCUT2D eigenvalue weighted by molar-refractivity contribution is 0.00881. The van der Waals surface area contributed by atoms with Gasteiger partial charge in [-0.3, -0.25) is 4.55 Å². The number of rotatable bonds is 1. The van der Waals surface area contributed by atoms with E-state index in [1.807, 2.05) is 32.6 Å². The Bertz CT molecular complexity index is 739. The SMILES string of the molecule is CC(C)(C)OC(=O)N1CCC2(CCN2)CC1.Cc1ccc(S(=O)(=O)O)cc1. The van der Waals surface area contributed by atoms with Crippen LogP contribution in [-0.4, -0.2) is 54.7 Å². The van der Waals surface area contributed by atoms with Gasteiger partial charge in [0.1, 0.15) is 5.60 Å². The smallest absolute Gasteiger partial charge is 0.410 e. The fourth-order valence-electron chi connectivity index (χ4n) is 3.06. The zero-order chi connectivity index (χ0) is 20.3. The van der Waals surface area contributed by atoms with Crippen LogP contribution in [0.25, 0.3) is 0 Å². The highest BCUT2D eigenvalue weighted by molar-refractivity contribution is 7.85. The van der Waals surface area contributed by atoms with Gasteiger partial charge in [0.2, 0.25) is 0 Å². The van der Waals surface area contributed by atoms with Gasteiger partial charge in [-0.2, -0.15) is 8.42 Å². The highest BCUT2D eigenvalue weighted by Gasteiger charge is 2.40. The second-order valence-electron chi connectivity index (χ2n) is 8.21. The number of nitrogens with one attached hydrogen (secondary N) is 1. The summed E-state index contributed by atoms with van der Waals surface area (Å²) in [6.07, 6.45) is 3.22. The molecule has 0 aromatic heterocycles. The molecule has 0 atom stereocenters. The monoisotopic (exact) mass is 398 g/mol. The molecule has 0 bridgehead atoms. The maximum Gasteiger partial charge on any atom is 0.410 e. The van der Waals surface area contributed by atoms with Gasteiger partial charge in [-0.1, -0.05) is 17.7 Å². The normalized spacial score (nSPS) is 18.9. The summed E-state index contributed by atoms with van der Waals surface area (Å²) >= 11 is 0. The molecule has 1 aromatic carbocycles. The highest BCUT2D eigenvalue weighted by atomic mass is 32.2. The highest BCUT2D eigenvalue weighted by Crippen LogP contribution is 2.31. The first-order chi connectivity index (χ1) is 12.4. The predicted octanol–water partition coefficient (Wildman–Crippen LogP) is 2.99. The van der Waals surface area contributed by atoms with Crippen LogP contribution >= 0.6 is 0 Å². The van der Waals surface area contributed by atoms with Crippen molar-refractivity contribution in [2.45, 2.75) is 63.0 Å². The van der Waals surface area contributed by atoms with E-state index in [2.05, 4.69) is 5.32 Å². The van der Waals surface area contributed by atoms with Crippen LogP contribution in [0.3, 0.4) is 0 Å². The quantitative estimate of drug-likeness (QED) is 0.706. The number of hydrogen-bond acceptors (Lipinski definition) is 5. The summed E-state index contributed by atoms with van der Waals surface area (Å²) in [7, 11) is -4.02. The van der Waals surface area contributed by atoms with Crippen LogP contribution in [-0.2, 0) is 14.9 Å². The number of amides is 1. The van der Waals surface area contributed by atoms with Crippen LogP contribution in [0, 0.1) is 6.92 Å². The Morgan fingerprint density at radius 1 is 1.15 bits per heavy atom. The Morgan fingerprint density at radius 3 is 2.04 bits per heavy atom. The predicted molar refractivity (Wildman–Crippen MR) is 103 cm³/mol. The number of ether oxygens (including phenoxy) is 1. The van der Waals surface area contributed by atoms with Gasteiger partial charge in [-0.25, -0.2) is 4.79 Å². The van der Waals surface area contributed by atoms with Gasteiger partial charge in [-0.15, -0.1) is 0 Å². The third kappa shape index (κ3) is 6.48. The van der Waals surface area contributed by atoms with E-state index in [9.17, 15) is 13.2 Å². The van der Waals surface area contributed by atoms with Crippen molar-refractivity contribution in [2.24, 2.45) is 0 Å². The molecular formula is C19H30N2O5S. The summed E-state index contributed by atoms with van der Waals surface area (Å²) in [5.41, 5.74) is 0.914. The summed E-state index contributed by atoms with van der Waals surface area (Å²) in [6, 6.07) is 5.99. The molecule has 0 unspecified atom stereocenters. The molecule has 1 spiro atoms. The standard InChI is InChI=1S/C12H22N2O2.C7H8O3S/c1-11(2,3)16-10(15)14-8-5-12(6-9-14)4-7-13-12;1-6-2-4-7(5-3-6)11(8,9)10/h13H,4-9H2,1-3H3;2-5H,1H3,(H,8,9,10). The van der Waals surface area contributed by atoms with Crippen LogP contribution in [0.2, 0.25) is 0 Å². The van der Waals surface area contributed by atoms with Crippen LogP contribution in [0.4, 0.5) is 4.79 Å². The van der Waals surface area contributed by atoms with E-state index >= 15 is 0 Å². The first-order valence-corrected chi connectivity index (χ1v) is 10.6. The van der Waals surface area contributed by atoms with Crippen molar-refractivity contribution in [3.05, 3.63) is 29.8 Å². The molecule has 0 aliphatic carbocycles. The Kier molecular flexibility index (Phi) is 6.55. The number of likely N-dealkylation sites (tertiary alicyclic amines) is 1. The number of piperidine rings is 1. The first kappa shape index (κ1) is 21.7. The average molecular weight is 399 g/mol. The summed E-state index contributed by atoms with van der Waals surface area (Å²) < 4.78 is 34.9. The van der Waals surface area contributed by atoms with Gasteiger partial charge in [0.05, 0.1) is 4.90 Å². The molecule has 1 aromatic rings. The minimum Gasteiger partial charge on any atom is -0.444 e. The van der Waals surface area contributed by atoms with Gasteiger partial charge in [0, 0.05) is 18.6 Å². The number of benzene rings is 1. The largest absolute Gasteiger partial charge is 0.444 e. The summed E-state index contributed by atoms with van der Waals surface area (Å²) in [4.78, 5) is 13.6. The topological polar surface area (TPSA) is 95.9 Å². The van der Waals surface area contributed by atoms with Crippen LogP contribution in [0.15, 0.2) is 29.2 Å². The van der Waals surface area contributed by atoms with E-state index in [0.717, 1.165) is 38.0 Å². The molecule has 0 radical (unpaired) electrons. The third-order valence-corrected chi connectivity index (χ3v) is 5.66. The van der Waals surface area contributed by atoms with E-state index < -0.39 is 10.1 Å². The molecule has 2 aliphatic heterocycles. The second-order valence-corrected chi connectivity index (χ2v) is 9.63. The maximum atomic E-state index is 11.8. The van der Waals surface area contributed by atoms with Gasteiger partial charge < -0.3 is 15.0 Å². The van der Waals surface area contributed by atoms with E-state index in [-0.39, 0.29) is 16.6 Å². The summed E-state index contributed by atoms with van der Waals surface area (Å²) in [5.74, 6) is 0. The van der Waals surface area contributed by atoms with Gasteiger partial charge in [-0.05, 0) is 65.6 Å². The van der Waals surface area contributed by atoms with E-state index in [4.69, 9.17) is 9.29 Å². The maximum absolute atomic E-state index is 11.8. The molecule has 1 amide bonds. The van der Waals surface area contributed by atoms with Crippen molar-refractivity contribution in [3.8, 4) is 0 Å². The molecule has 27 heavy (non-hydrogen) atoms. The Morgan fingerprint density at radius 2 is 1.67 bits per heavy atom. The Balaban J connectivity index is 0.000000208. The molecular weight excluding hydrogens is 368 g/mol. The molecule has 7 nitrogen and oxygen atoms in total. The van der Waals surface area contributed by atoms with Gasteiger partial charge >= 0.3 is 6.09 Å². The second kappa shape index (κ2) is 8.16. The van der Waals surface area contributed by atoms with Crippen molar-refractivity contribution < 1.29 is 22.5 Å².